The molecule has 2 aliphatic rings. The average molecular weight is 324 g/mol. The van der Waals surface area contributed by atoms with E-state index < -0.39 is 0 Å². The maximum absolute atomic E-state index is 2.34. The van der Waals surface area contributed by atoms with Gasteiger partial charge in [0.1, 0.15) is 0 Å². The van der Waals surface area contributed by atoms with E-state index >= 15 is 0 Å². The van der Waals surface area contributed by atoms with Crippen LogP contribution < -0.4 is 0 Å². The Labute approximate surface area is 150 Å². The van der Waals surface area contributed by atoms with Crippen molar-refractivity contribution in [2.24, 2.45) is 0 Å². The number of aryl methyl sites for hydroxylation is 1. The van der Waals surface area contributed by atoms with Crippen molar-refractivity contribution in [1.82, 2.24) is 0 Å². The van der Waals surface area contributed by atoms with Crippen LogP contribution in [0.1, 0.15) is 36.8 Å². The number of hydrogen-bond donors (Lipinski definition) is 0. The van der Waals surface area contributed by atoms with Gasteiger partial charge in [-0.05, 0) is 72.1 Å². The SMILES string of the molecule is Cc1ccc(-c2cccc(C3=C(C4=CC=CCC4)CCC=C3)c2)cc1. The average Bonchev–Trinajstić information content (AvgIpc) is 2.69. The maximum Gasteiger partial charge on any atom is -0.0152 e. The third kappa shape index (κ3) is 3.44. The molecule has 0 heteroatoms. The summed E-state index contributed by atoms with van der Waals surface area (Å²) in [7, 11) is 0. The summed E-state index contributed by atoms with van der Waals surface area (Å²) in [5.74, 6) is 0. The third-order valence-corrected chi connectivity index (χ3v) is 5.13. The quantitative estimate of drug-likeness (QED) is 0.568. The van der Waals surface area contributed by atoms with Crippen molar-refractivity contribution in [3.63, 3.8) is 0 Å². The largest absolute Gasteiger partial charge is 0.0842 e. The van der Waals surface area contributed by atoms with Crippen molar-refractivity contribution in [1.29, 1.82) is 0 Å². The second kappa shape index (κ2) is 7.11. The van der Waals surface area contributed by atoms with Crippen LogP contribution in [0.5, 0.6) is 0 Å². The molecule has 4 rings (SSSR count). The molecule has 2 aromatic carbocycles. The van der Waals surface area contributed by atoms with Crippen molar-refractivity contribution < 1.29 is 0 Å². The molecule has 0 saturated heterocycles. The Hall–Kier alpha value is -2.60. The van der Waals surface area contributed by atoms with Crippen molar-refractivity contribution >= 4 is 5.57 Å². The van der Waals surface area contributed by atoms with Gasteiger partial charge in [-0.2, -0.15) is 0 Å². The van der Waals surface area contributed by atoms with Crippen LogP contribution in [0.3, 0.4) is 0 Å². The molecule has 0 N–H and O–H groups in total. The summed E-state index contributed by atoms with van der Waals surface area (Å²) < 4.78 is 0. The third-order valence-electron chi connectivity index (χ3n) is 5.13. The molecule has 25 heavy (non-hydrogen) atoms. The molecule has 0 heterocycles. The van der Waals surface area contributed by atoms with E-state index in [1.165, 1.54) is 45.4 Å². The molecule has 0 bridgehead atoms. The summed E-state index contributed by atoms with van der Waals surface area (Å²) in [5, 5.41) is 0. The minimum Gasteiger partial charge on any atom is -0.0842 e. The fraction of sp³-hybridized carbons (Fsp3) is 0.200. The zero-order valence-corrected chi connectivity index (χ0v) is 14.8. The van der Waals surface area contributed by atoms with Crippen molar-refractivity contribution in [2.45, 2.75) is 32.6 Å². The van der Waals surface area contributed by atoms with Crippen LogP contribution in [0.15, 0.2) is 90.1 Å². The summed E-state index contributed by atoms with van der Waals surface area (Å²) in [5.41, 5.74) is 9.67. The molecular weight excluding hydrogens is 300 g/mol. The molecule has 0 aromatic heterocycles. The molecular formula is C25H24. The summed E-state index contributed by atoms with van der Waals surface area (Å²) in [6, 6.07) is 17.8. The van der Waals surface area contributed by atoms with E-state index in [-0.39, 0.29) is 0 Å². The molecule has 0 spiro atoms. The van der Waals surface area contributed by atoms with Gasteiger partial charge in [0.05, 0.1) is 0 Å². The highest BCUT2D eigenvalue weighted by molar-refractivity contribution is 5.83. The van der Waals surface area contributed by atoms with Crippen molar-refractivity contribution in [3.05, 3.63) is 101 Å². The lowest BCUT2D eigenvalue weighted by atomic mass is 9.84. The topological polar surface area (TPSA) is 0 Å². The van der Waals surface area contributed by atoms with Gasteiger partial charge in [-0.3, -0.25) is 0 Å². The first-order valence-corrected chi connectivity index (χ1v) is 9.24. The van der Waals surface area contributed by atoms with Gasteiger partial charge in [0.15, 0.2) is 0 Å². The minimum atomic E-state index is 1.15. The summed E-state index contributed by atoms with van der Waals surface area (Å²) in [6.07, 6.45) is 16.1. The summed E-state index contributed by atoms with van der Waals surface area (Å²) >= 11 is 0. The molecule has 2 aromatic rings. The van der Waals surface area contributed by atoms with Crippen LogP contribution >= 0.6 is 0 Å². The van der Waals surface area contributed by atoms with Gasteiger partial charge in [0.2, 0.25) is 0 Å². The Morgan fingerprint density at radius 1 is 0.760 bits per heavy atom. The normalized spacial score (nSPS) is 16.9. The van der Waals surface area contributed by atoms with Gasteiger partial charge in [-0.25, -0.2) is 0 Å². The molecule has 0 atom stereocenters. The first kappa shape index (κ1) is 15.9. The lowest BCUT2D eigenvalue weighted by molar-refractivity contribution is 0.902. The number of rotatable bonds is 3. The van der Waals surface area contributed by atoms with E-state index in [2.05, 4.69) is 85.8 Å². The van der Waals surface area contributed by atoms with Gasteiger partial charge < -0.3 is 0 Å². The zero-order valence-electron chi connectivity index (χ0n) is 14.8. The summed E-state index contributed by atoms with van der Waals surface area (Å²) in [6.45, 7) is 2.14. The number of allylic oxidation sites excluding steroid dienone is 8. The Morgan fingerprint density at radius 2 is 1.56 bits per heavy atom. The molecule has 0 saturated carbocycles. The Bertz CT molecular complexity index is 886. The van der Waals surface area contributed by atoms with E-state index in [1.54, 1.807) is 0 Å². The van der Waals surface area contributed by atoms with Gasteiger partial charge in [-0.1, -0.05) is 78.4 Å². The second-order valence-corrected chi connectivity index (χ2v) is 6.94. The Morgan fingerprint density at radius 3 is 2.36 bits per heavy atom. The second-order valence-electron chi connectivity index (χ2n) is 6.94. The predicted octanol–water partition coefficient (Wildman–Crippen LogP) is 7.04. The van der Waals surface area contributed by atoms with Crippen LogP contribution in [-0.2, 0) is 0 Å². The van der Waals surface area contributed by atoms with Crippen LogP contribution in [0.25, 0.3) is 16.7 Å². The molecule has 0 fully saturated rings. The predicted molar refractivity (Wildman–Crippen MR) is 108 cm³/mol. The van der Waals surface area contributed by atoms with Crippen LogP contribution in [0, 0.1) is 6.92 Å². The molecule has 0 radical (unpaired) electrons. The monoisotopic (exact) mass is 324 g/mol. The molecule has 2 aliphatic carbocycles. The Balaban J connectivity index is 1.77. The highest BCUT2D eigenvalue weighted by Gasteiger charge is 2.15. The standard InChI is InChI=1S/C25H24/c1-19-14-16-20(17-15-19)22-10-7-11-23(18-22)25-13-6-5-12-24(25)21-8-3-2-4-9-21/h2-3,6-8,10-11,13-18H,4-5,9,12H2,1H3. The lowest BCUT2D eigenvalue weighted by Crippen LogP contribution is -2.00. The fourth-order valence-electron chi connectivity index (χ4n) is 3.73. The van der Waals surface area contributed by atoms with E-state index in [4.69, 9.17) is 0 Å². The van der Waals surface area contributed by atoms with E-state index in [0.717, 1.165) is 19.3 Å². The first-order valence-electron chi connectivity index (χ1n) is 9.24. The van der Waals surface area contributed by atoms with Crippen molar-refractivity contribution in [2.75, 3.05) is 0 Å². The van der Waals surface area contributed by atoms with E-state index in [9.17, 15) is 0 Å². The molecule has 0 nitrogen and oxygen atoms in total. The van der Waals surface area contributed by atoms with Gasteiger partial charge >= 0.3 is 0 Å². The van der Waals surface area contributed by atoms with E-state index in [1.807, 2.05) is 0 Å². The first-order chi connectivity index (χ1) is 12.3. The molecule has 124 valence electrons. The lowest BCUT2D eigenvalue weighted by Gasteiger charge is -2.21. The van der Waals surface area contributed by atoms with Crippen LogP contribution in [0.4, 0.5) is 0 Å². The van der Waals surface area contributed by atoms with E-state index in [0.29, 0.717) is 0 Å². The van der Waals surface area contributed by atoms with Gasteiger partial charge in [0.25, 0.3) is 0 Å². The number of benzene rings is 2. The molecule has 0 amide bonds. The highest BCUT2D eigenvalue weighted by atomic mass is 14.2. The zero-order chi connectivity index (χ0) is 17.1. The van der Waals surface area contributed by atoms with Crippen LogP contribution in [0.2, 0.25) is 0 Å². The van der Waals surface area contributed by atoms with Gasteiger partial charge in [0, 0.05) is 0 Å². The highest BCUT2D eigenvalue weighted by Crippen LogP contribution is 2.36. The number of hydrogen-bond acceptors (Lipinski definition) is 0. The molecule has 0 aliphatic heterocycles. The minimum absolute atomic E-state index is 1.15. The van der Waals surface area contributed by atoms with Crippen LogP contribution in [-0.4, -0.2) is 0 Å². The van der Waals surface area contributed by atoms with Gasteiger partial charge in [-0.15, -0.1) is 0 Å². The fourth-order valence-corrected chi connectivity index (χ4v) is 3.73. The summed E-state index contributed by atoms with van der Waals surface area (Å²) in [4.78, 5) is 0. The maximum atomic E-state index is 2.34. The Kier molecular flexibility index (Phi) is 4.52. The smallest absolute Gasteiger partial charge is 0.0152 e. The molecule has 0 unspecified atom stereocenters. The van der Waals surface area contributed by atoms with Crippen molar-refractivity contribution in [3.8, 4) is 11.1 Å².